The summed E-state index contributed by atoms with van der Waals surface area (Å²) in [6.45, 7) is 2.20. The second-order valence-electron chi connectivity index (χ2n) is 4.28. The van der Waals surface area contributed by atoms with Gasteiger partial charge in [0.2, 0.25) is 0 Å². The molecule has 0 bridgehead atoms. The number of aromatic hydroxyl groups is 1. The maximum atomic E-state index is 9.91. The van der Waals surface area contributed by atoms with Crippen LogP contribution < -0.4 is 29.6 Å². The largest absolute Gasteiger partial charge is 1.00 e. The van der Waals surface area contributed by atoms with Crippen LogP contribution in [0.5, 0.6) is 5.75 Å². The first kappa shape index (κ1) is 15.3. The topological polar surface area (TPSA) is 20.2 Å². The zero-order valence-corrected chi connectivity index (χ0v) is 13.2. The summed E-state index contributed by atoms with van der Waals surface area (Å²) in [4.78, 5) is 0. The number of unbranched alkanes of at least 4 members (excludes halogenated alkanes) is 1. The van der Waals surface area contributed by atoms with Crippen LogP contribution >= 0.6 is 0 Å². The van der Waals surface area contributed by atoms with Crippen LogP contribution in [0.25, 0.3) is 11.1 Å². The van der Waals surface area contributed by atoms with Crippen LogP contribution in [0.4, 0.5) is 0 Å². The number of phenols is 1. The number of phenolic OH excluding ortho intramolecular Hbond substituents is 1. The SMILES string of the molecule is CCCCc1ccccc1-c1ccccc1O.[Na+]. The Hall–Kier alpha value is -0.760. The van der Waals surface area contributed by atoms with Gasteiger partial charge in [0.05, 0.1) is 0 Å². The minimum atomic E-state index is 0. The smallest absolute Gasteiger partial charge is 0.507 e. The van der Waals surface area contributed by atoms with Crippen molar-refractivity contribution in [2.24, 2.45) is 0 Å². The monoisotopic (exact) mass is 249 g/mol. The zero-order valence-electron chi connectivity index (χ0n) is 11.2. The maximum absolute atomic E-state index is 9.91. The molecule has 18 heavy (non-hydrogen) atoms. The standard InChI is InChI=1S/C16H18O.Na/c1-2-3-8-13-9-4-5-10-14(13)15-11-6-7-12-16(15)17;/h4-7,9-12,17H,2-3,8H2,1H3;/q;+1. The molecule has 0 saturated carbocycles. The van der Waals surface area contributed by atoms with Gasteiger partial charge in [0.25, 0.3) is 0 Å². The Morgan fingerprint density at radius 1 is 0.889 bits per heavy atom. The molecule has 2 rings (SSSR count). The molecular formula is C16H18NaO+. The molecule has 0 aliphatic heterocycles. The Kier molecular flexibility index (Phi) is 6.48. The Morgan fingerprint density at radius 3 is 2.17 bits per heavy atom. The van der Waals surface area contributed by atoms with Gasteiger partial charge in [-0.25, -0.2) is 0 Å². The zero-order chi connectivity index (χ0) is 12.1. The molecule has 0 aliphatic carbocycles. The molecule has 0 atom stereocenters. The van der Waals surface area contributed by atoms with Gasteiger partial charge in [-0.05, 0) is 30.0 Å². The van der Waals surface area contributed by atoms with Crippen molar-refractivity contribution >= 4 is 0 Å². The molecule has 0 radical (unpaired) electrons. The average molecular weight is 249 g/mol. The summed E-state index contributed by atoms with van der Waals surface area (Å²) in [5, 5.41) is 9.91. The normalized spacial score (nSPS) is 9.83. The van der Waals surface area contributed by atoms with Crippen molar-refractivity contribution in [1.82, 2.24) is 0 Å². The fraction of sp³-hybridized carbons (Fsp3) is 0.250. The van der Waals surface area contributed by atoms with Gasteiger partial charge in [0.1, 0.15) is 5.75 Å². The first-order chi connectivity index (χ1) is 8.33. The van der Waals surface area contributed by atoms with Crippen LogP contribution in [-0.4, -0.2) is 5.11 Å². The third-order valence-corrected chi connectivity index (χ3v) is 3.01. The molecular weight excluding hydrogens is 231 g/mol. The molecule has 2 heteroatoms. The second kappa shape index (κ2) is 7.63. The van der Waals surface area contributed by atoms with Crippen LogP contribution in [0.15, 0.2) is 48.5 Å². The number of para-hydroxylation sites is 1. The van der Waals surface area contributed by atoms with Crippen LogP contribution in [0.3, 0.4) is 0 Å². The third kappa shape index (κ3) is 3.61. The van der Waals surface area contributed by atoms with Gasteiger partial charge in [-0.2, -0.15) is 0 Å². The van der Waals surface area contributed by atoms with Crippen molar-refractivity contribution in [2.75, 3.05) is 0 Å². The van der Waals surface area contributed by atoms with Gasteiger partial charge >= 0.3 is 29.6 Å². The van der Waals surface area contributed by atoms with Crippen molar-refractivity contribution in [3.63, 3.8) is 0 Å². The Morgan fingerprint density at radius 2 is 1.50 bits per heavy atom. The second-order valence-corrected chi connectivity index (χ2v) is 4.28. The molecule has 1 N–H and O–H groups in total. The van der Waals surface area contributed by atoms with Crippen molar-refractivity contribution in [3.05, 3.63) is 54.1 Å². The summed E-state index contributed by atoms with van der Waals surface area (Å²) in [6, 6.07) is 15.9. The molecule has 88 valence electrons. The minimum absolute atomic E-state index is 0. The van der Waals surface area contributed by atoms with Crippen LogP contribution in [0.2, 0.25) is 0 Å². The van der Waals surface area contributed by atoms with Crippen molar-refractivity contribution < 1.29 is 34.7 Å². The number of aryl methyl sites for hydroxylation is 1. The molecule has 0 spiro atoms. The maximum Gasteiger partial charge on any atom is 1.00 e. The minimum Gasteiger partial charge on any atom is -0.507 e. The molecule has 0 fully saturated rings. The third-order valence-electron chi connectivity index (χ3n) is 3.01. The van der Waals surface area contributed by atoms with E-state index in [-0.39, 0.29) is 29.6 Å². The number of hydrogen-bond acceptors (Lipinski definition) is 1. The number of benzene rings is 2. The molecule has 0 amide bonds. The summed E-state index contributed by atoms with van der Waals surface area (Å²) >= 11 is 0. The van der Waals surface area contributed by atoms with Crippen molar-refractivity contribution in [1.29, 1.82) is 0 Å². The molecule has 0 aromatic heterocycles. The predicted molar refractivity (Wildman–Crippen MR) is 72.2 cm³/mol. The van der Waals surface area contributed by atoms with Gasteiger partial charge in [0, 0.05) is 5.56 Å². The van der Waals surface area contributed by atoms with E-state index in [1.54, 1.807) is 6.07 Å². The summed E-state index contributed by atoms with van der Waals surface area (Å²) in [6.07, 6.45) is 3.45. The first-order valence-electron chi connectivity index (χ1n) is 6.19. The van der Waals surface area contributed by atoms with E-state index < -0.39 is 0 Å². The van der Waals surface area contributed by atoms with E-state index in [0.29, 0.717) is 5.75 Å². The van der Waals surface area contributed by atoms with E-state index in [0.717, 1.165) is 17.5 Å². The molecule has 2 aromatic carbocycles. The summed E-state index contributed by atoms with van der Waals surface area (Å²) in [5.74, 6) is 0.358. The van der Waals surface area contributed by atoms with Gasteiger partial charge < -0.3 is 5.11 Å². The Labute approximate surface area is 131 Å². The first-order valence-corrected chi connectivity index (χ1v) is 6.19. The number of hydrogen-bond donors (Lipinski definition) is 1. The van der Waals surface area contributed by atoms with Crippen molar-refractivity contribution in [2.45, 2.75) is 26.2 Å². The van der Waals surface area contributed by atoms with Gasteiger partial charge in [0.15, 0.2) is 0 Å². The predicted octanol–water partition coefficient (Wildman–Crippen LogP) is 1.41. The van der Waals surface area contributed by atoms with E-state index in [9.17, 15) is 5.11 Å². The molecule has 0 unspecified atom stereocenters. The van der Waals surface area contributed by atoms with Crippen LogP contribution in [0.1, 0.15) is 25.3 Å². The Balaban J connectivity index is 0.00000162. The summed E-state index contributed by atoms with van der Waals surface area (Å²) < 4.78 is 0. The van der Waals surface area contributed by atoms with E-state index in [1.165, 1.54) is 18.4 Å². The molecule has 2 aromatic rings. The van der Waals surface area contributed by atoms with Gasteiger partial charge in [-0.1, -0.05) is 55.8 Å². The fourth-order valence-electron chi connectivity index (χ4n) is 2.07. The molecule has 0 saturated heterocycles. The van der Waals surface area contributed by atoms with Gasteiger partial charge in [-0.15, -0.1) is 0 Å². The van der Waals surface area contributed by atoms with Crippen LogP contribution in [-0.2, 0) is 6.42 Å². The van der Waals surface area contributed by atoms with Crippen molar-refractivity contribution in [3.8, 4) is 16.9 Å². The molecule has 0 aliphatic rings. The van der Waals surface area contributed by atoms with E-state index in [1.807, 2.05) is 24.3 Å². The summed E-state index contributed by atoms with van der Waals surface area (Å²) in [7, 11) is 0. The Bertz CT molecular complexity index is 494. The number of rotatable bonds is 4. The van der Waals surface area contributed by atoms with E-state index in [2.05, 4.69) is 25.1 Å². The molecule has 1 nitrogen and oxygen atoms in total. The van der Waals surface area contributed by atoms with Gasteiger partial charge in [-0.3, -0.25) is 0 Å². The van der Waals surface area contributed by atoms with E-state index in [4.69, 9.17) is 0 Å². The van der Waals surface area contributed by atoms with Crippen LogP contribution in [0, 0.1) is 0 Å². The van der Waals surface area contributed by atoms with E-state index >= 15 is 0 Å². The average Bonchev–Trinajstić information content (AvgIpc) is 2.37. The quantitative estimate of drug-likeness (QED) is 0.812. The summed E-state index contributed by atoms with van der Waals surface area (Å²) in [5.41, 5.74) is 3.40. The fourth-order valence-corrected chi connectivity index (χ4v) is 2.07. The molecule has 0 heterocycles.